The summed E-state index contributed by atoms with van der Waals surface area (Å²) in [5.74, 6) is -4.77. The van der Waals surface area contributed by atoms with Crippen LogP contribution in [0.4, 0.5) is 8.78 Å². The van der Waals surface area contributed by atoms with E-state index in [1.54, 1.807) is 20.8 Å². The molecule has 0 amide bonds. The number of Topliss-reactive ketones (excluding diaryl/α,β-unsaturated/α-hetero) is 1. The van der Waals surface area contributed by atoms with Crippen molar-refractivity contribution in [1.29, 1.82) is 0 Å². The van der Waals surface area contributed by atoms with Gasteiger partial charge in [0.15, 0.2) is 23.0 Å². The Bertz CT molecular complexity index is 1170. The number of allylic oxidation sites excluding steroid dienone is 1. The van der Waals surface area contributed by atoms with Gasteiger partial charge in [0.1, 0.15) is 23.7 Å². The second kappa shape index (κ2) is 7.41. The van der Waals surface area contributed by atoms with Gasteiger partial charge in [-0.3, -0.25) is 14.1 Å². The number of carbonyl (C=O) groups excluding carboxylic acids is 2. The van der Waals surface area contributed by atoms with E-state index in [-0.39, 0.29) is 12.8 Å². The molecule has 36 heavy (non-hydrogen) atoms. The molecular formula is C24H32F2O9S. The van der Waals surface area contributed by atoms with Gasteiger partial charge in [0.25, 0.3) is 10.1 Å². The summed E-state index contributed by atoms with van der Waals surface area (Å²) in [7, 11) is -5.04. The number of aliphatic hydroxyl groups is 2. The molecule has 1 aliphatic heterocycles. The molecule has 0 aromatic heterocycles. The van der Waals surface area contributed by atoms with Crippen molar-refractivity contribution in [2.75, 3.05) is 6.61 Å². The summed E-state index contributed by atoms with van der Waals surface area (Å²) in [6, 6.07) is 0. The Hall–Kier alpha value is -1.31. The number of ketones is 2. The van der Waals surface area contributed by atoms with Gasteiger partial charge >= 0.3 is 0 Å². The van der Waals surface area contributed by atoms with Crippen LogP contribution < -0.4 is 0 Å². The van der Waals surface area contributed by atoms with Crippen molar-refractivity contribution in [2.45, 2.75) is 94.1 Å². The molecule has 5 aliphatic rings. The van der Waals surface area contributed by atoms with Crippen molar-refractivity contribution < 1.29 is 51.0 Å². The van der Waals surface area contributed by atoms with Gasteiger partial charge in [-0.25, -0.2) is 8.78 Å². The average molecular weight is 535 g/mol. The topological polar surface area (TPSA) is 147 Å². The van der Waals surface area contributed by atoms with Crippen molar-refractivity contribution in [3.63, 3.8) is 0 Å². The molecule has 4 aliphatic carbocycles. The number of halogens is 2. The lowest BCUT2D eigenvalue weighted by Gasteiger charge is -2.65. The van der Waals surface area contributed by atoms with Crippen LogP contribution in [-0.2, 0) is 29.2 Å². The van der Waals surface area contributed by atoms with Gasteiger partial charge in [0.2, 0.25) is 0 Å². The normalized spacial score (nSPS) is 51.6. The SMILES string of the molecule is CC1(C)O[C@@H]2C[C@H]3[C@@H]4C[C@H](F)C5=CC(=O)CC(S(=O)(=O)O)[C@]5(C)[C@@]4(F)[C@@H](O)C[C@]3(C)[C@]2(C(=O)CO)O1. The summed E-state index contributed by atoms with van der Waals surface area (Å²) in [6.45, 7) is 5.09. The molecule has 3 N–H and O–H groups in total. The van der Waals surface area contributed by atoms with Crippen LogP contribution in [-0.4, -0.2) is 82.0 Å². The average Bonchev–Trinajstić information content (AvgIpc) is 3.16. The number of hydrogen-bond acceptors (Lipinski definition) is 8. The number of alkyl halides is 2. The molecular weight excluding hydrogens is 502 g/mol. The third-order valence-corrected chi connectivity index (χ3v) is 11.4. The van der Waals surface area contributed by atoms with E-state index in [2.05, 4.69) is 0 Å². The second-order valence-electron chi connectivity index (χ2n) is 12.0. The Kier molecular flexibility index (Phi) is 5.42. The van der Waals surface area contributed by atoms with E-state index >= 15 is 8.78 Å². The standard InChI is InChI=1S/C24H32F2O9S/c1-20(2)34-18-8-12-13-7-15(25)14-5-11(28)6-19(36(31,32)33)22(14,4)23(13,26)16(29)9-21(12,3)24(18,35-20)17(30)10-27/h5,12-13,15-16,18-19,27,29H,6-10H2,1-4H3,(H,31,32,33)/t12-,13-,15-,16-,18+,19?,21-,22+,23-,24+/m0/s1. The first-order valence-electron chi connectivity index (χ1n) is 12.1. The summed E-state index contributed by atoms with van der Waals surface area (Å²) in [5, 5.41) is 19.3. The van der Waals surface area contributed by atoms with E-state index in [1.807, 2.05) is 0 Å². The Morgan fingerprint density at radius 3 is 2.42 bits per heavy atom. The fraction of sp³-hybridized carbons (Fsp3) is 0.833. The monoisotopic (exact) mass is 534 g/mol. The lowest BCUT2D eigenvalue weighted by molar-refractivity contribution is -0.254. The zero-order valence-corrected chi connectivity index (χ0v) is 21.3. The Morgan fingerprint density at radius 1 is 1.19 bits per heavy atom. The van der Waals surface area contributed by atoms with Gasteiger partial charge in [-0.2, -0.15) is 8.42 Å². The number of hydrogen-bond donors (Lipinski definition) is 3. The van der Waals surface area contributed by atoms with E-state index in [9.17, 15) is 32.8 Å². The fourth-order valence-corrected chi connectivity index (χ4v) is 9.99. The first-order chi connectivity index (χ1) is 16.4. The van der Waals surface area contributed by atoms with Crippen molar-refractivity contribution >= 4 is 21.7 Å². The summed E-state index contributed by atoms with van der Waals surface area (Å²) in [5.41, 5.74) is -8.42. The summed E-state index contributed by atoms with van der Waals surface area (Å²) in [6.07, 6.45) is -5.39. The van der Waals surface area contributed by atoms with Crippen LogP contribution in [0.1, 0.15) is 53.4 Å². The van der Waals surface area contributed by atoms with Crippen LogP contribution >= 0.6 is 0 Å². The van der Waals surface area contributed by atoms with E-state index < -0.39 is 110 Å². The molecule has 5 rings (SSSR count). The molecule has 4 fully saturated rings. The number of fused-ring (bicyclic) bond motifs is 7. The van der Waals surface area contributed by atoms with Gasteiger partial charge in [-0.1, -0.05) is 13.8 Å². The predicted molar refractivity (Wildman–Crippen MR) is 120 cm³/mol. The quantitative estimate of drug-likeness (QED) is 0.458. The highest BCUT2D eigenvalue weighted by Crippen LogP contribution is 2.73. The highest BCUT2D eigenvalue weighted by molar-refractivity contribution is 7.86. The van der Waals surface area contributed by atoms with Crippen LogP contribution in [0, 0.1) is 22.7 Å². The molecule has 1 unspecified atom stereocenters. The van der Waals surface area contributed by atoms with Crippen molar-refractivity contribution in [3.05, 3.63) is 11.6 Å². The van der Waals surface area contributed by atoms with Crippen LogP contribution in [0.2, 0.25) is 0 Å². The highest BCUT2D eigenvalue weighted by Gasteiger charge is 2.82. The third kappa shape index (κ3) is 2.88. The van der Waals surface area contributed by atoms with Crippen molar-refractivity contribution in [2.24, 2.45) is 22.7 Å². The van der Waals surface area contributed by atoms with E-state index in [0.717, 1.165) is 13.0 Å². The lowest BCUT2D eigenvalue weighted by Crippen LogP contribution is -2.74. The summed E-state index contributed by atoms with van der Waals surface area (Å²) >= 11 is 0. The first-order valence-corrected chi connectivity index (χ1v) is 13.6. The molecule has 0 radical (unpaired) electrons. The molecule has 12 heteroatoms. The van der Waals surface area contributed by atoms with Gasteiger partial charge < -0.3 is 19.7 Å². The molecule has 1 heterocycles. The maximum atomic E-state index is 17.6. The summed E-state index contributed by atoms with van der Waals surface area (Å²) < 4.78 is 80.4. The summed E-state index contributed by atoms with van der Waals surface area (Å²) in [4.78, 5) is 25.5. The van der Waals surface area contributed by atoms with E-state index in [1.165, 1.54) is 0 Å². The van der Waals surface area contributed by atoms with E-state index in [0.29, 0.717) is 0 Å². The molecule has 10 atom stereocenters. The zero-order chi connectivity index (χ0) is 26.9. The molecule has 0 aromatic carbocycles. The molecule has 0 bridgehead atoms. The van der Waals surface area contributed by atoms with Crippen LogP contribution in [0.25, 0.3) is 0 Å². The smallest absolute Gasteiger partial charge is 0.269 e. The van der Waals surface area contributed by atoms with Gasteiger partial charge in [0, 0.05) is 23.2 Å². The number of rotatable bonds is 3. The van der Waals surface area contributed by atoms with Gasteiger partial charge in [-0.05, 0) is 50.7 Å². The minimum atomic E-state index is -5.04. The molecule has 202 valence electrons. The zero-order valence-electron chi connectivity index (χ0n) is 20.5. The van der Waals surface area contributed by atoms with Gasteiger partial charge in [-0.15, -0.1) is 0 Å². The fourth-order valence-electron chi connectivity index (χ4n) is 8.70. The third-order valence-electron chi connectivity index (χ3n) is 10.0. The maximum Gasteiger partial charge on any atom is 0.269 e. The van der Waals surface area contributed by atoms with Crippen LogP contribution in [0.3, 0.4) is 0 Å². The Labute approximate surface area is 208 Å². The van der Waals surface area contributed by atoms with Crippen LogP contribution in [0.5, 0.6) is 0 Å². The molecule has 3 saturated carbocycles. The largest absolute Gasteiger partial charge is 0.390 e. The second-order valence-corrected chi connectivity index (χ2v) is 13.6. The predicted octanol–water partition coefficient (Wildman–Crippen LogP) is 1.46. The Balaban J connectivity index is 1.71. The number of ether oxygens (including phenoxy) is 2. The first kappa shape index (κ1) is 26.3. The van der Waals surface area contributed by atoms with Crippen molar-refractivity contribution in [1.82, 2.24) is 0 Å². The molecule has 9 nitrogen and oxygen atoms in total. The highest BCUT2D eigenvalue weighted by atomic mass is 32.2. The Morgan fingerprint density at radius 2 is 1.83 bits per heavy atom. The van der Waals surface area contributed by atoms with Crippen molar-refractivity contribution in [3.8, 4) is 0 Å². The number of aliphatic hydroxyl groups excluding tert-OH is 2. The van der Waals surface area contributed by atoms with Gasteiger partial charge in [0.05, 0.1) is 12.2 Å². The van der Waals surface area contributed by atoms with E-state index in [4.69, 9.17) is 9.47 Å². The lowest BCUT2D eigenvalue weighted by atomic mass is 9.43. The number of carbonyl (C=O) groups is 2. The minimum absolute atomic E-state index is 0.0477. The van der Waals surface area contributed by atoms with Crippen LogP contribution in [0.15, 0.2) is 11.6 Å². The minimum Gasteiger partial charge on any atom is -0.390 e. The molecule has 0 aromatic rings. The molecule has 1 saturated heterocycles. The molecule has 0 spiro atoms. The maximum absolute atomic E-state index is 17.6.